The summed E-state index contributed by atoms with van der Waals surface area (Å²) in [5, 5.41) is 9.33. The van der Waals surface area contributed by atoms with Gasteiger partial charge in [0.2, 0.25) is 5.95 Å². The maximum atomic E-state index is 9.33. The van der Waals surface area contributed by atoms with E-state index >= 15 is 0 Å². The van der Waals surface area contributed by atoms with Crippen LogP contribution in [0, 0.1) is 6.92 Å². The summed E-state index contributed by atoms with van der Waals surface area (Å²) in [7, 11) is 0. The highest BCUT2D eigenvalue weighted by atomic mass is 16.3. The average molecular weight is 179 g/mol. The first-order chi connectivity index (χ1) is 6.25. The fraction of sp³-hybridized carbons (Fsp3) is 0.556. The molecule has 1 aliphatic heterocycles. The van der Waals surface area contributed by atoms with E-state index in [-0.39, 0.29) is 6.10 Å². The predicted octanol–water partition coefficient (Wildman–Crippen LogP) is 0.356. The molecule has 0 aliphatic carbocycles. The smallest absolute Gasteiger partial charge is 0.225 e. The van der Waals surface area contributed by atoms with E-state index in [9.17, 15) is 5.11 Å². The van der Waals surface area contributed by atoms with E-state index in [0.29, 0.717) is 6.54 Å². The number of aliphatic hydroxyl groups excluding tert-OH is 1. The van der Waals surface area contributed by atoms with Crippen LogP contribution in [0.1, 0.15) is 12.1 Å². The normalized spacial score (nSPS) is 22.3. The summed E-state index contributed by atoms with van der Waals surface area (Å²) < 4.78 is 0. The molecule has 1 saturated heterocycles. The number of rotatable bonds is 1. The molecule has 0 unspecified atom stereocenters. The van der Waals surface area contributed by atoms with Gasteiger partial charge in [-0.1, -0.05) is 0 Å². The minimum absolute atomic E-state index is 0.218. The molecule has 0 amide bonds. The lowest BCUT2D eigenvalue weighted by atomic mass is 10.3. The van der Waals surface area contributed by atoms with Gasteiger partial charge in [-0.15, -0.1) is 0 Å². The summed E-state index contributed by atoms with van der Waals surface area (Å²) in [6.45, 7) is 3.45. The molecule has 4 heteroatoms. The second-order valence-corrected chi connectivity index (χ2v) is 3.39. The van der Waals surface area contributed by atoms with Crippen LogP contribution in [0.25, 0.3) is 0 Å². The van der Waals surface area contributed by atoms with Crippen molar-refractivity contribution < 1.29 is 5.11 Å². The van der Waals surface area contributed by atoms with Gasteiger partial charge in [-0.05, 0) is 19.4 Å². The molecule has 0 radical (unpaired) electrons. The zero-order valence-corrected chi connectivity index (χ0v) is 7.64. The minimum Gasteiger partial charge on any atom is -0.391 e. The number of nitrogens with zero attached hydrogens (tertiary/aromatic N) is 3. The van der Waals surface area contributed by atoms with Crippen LogP contribution in [0.3, 0.4) is 0 Å². The highest BCUT2D eigenvalue weighted by Gasteiger charge is 2.21. The van der Waals surface area contributed by atoms with E-state index in [1.54, 1.807) is 6.20 Å². The topological polar surface area (TPSA) is 49.2 Å². The van der Waals surface area contributed by atoms with Gasteiger partial charge in [-0.3, -0.25) is 0 Å². The van der Waals surface area contributed by atoms with Crippen molar-refractivity contribution in [2.45, 2.75) is 19.4 Å². The molecular weight excluding hydrogens is 166 g/mol. The summed E-state index contributed by atoms with van der Waals surface area (Å²) in [4.78, 5) is 10.5. The third-order valence-corrected chi connectivity index (χ3v) is 2.23. The Kier molecular flexibility index (Phi) is 2.14. The van der Waals surface area contributed by atoms with Gasteiger partial charge in [-0.2, -0.15) is 0 Å². The van der Waals surface area contributed by atoms with Crippen LogP contribution in [-0.2, 0) is 0 Å². The second-order valence-electron chi connectivity index (χ2n) is 3.39. The fourth-order valence-electron chi connectivity index (χ4n) is 1.51. The molecule has 2 rings (SSSR count). The van der Waals surface area contributed by atoms with Crippen molar-refractivity contribution in [1.82, 2.24) is 9.97 Å². The first-order valence-electron chi connectivity index (χ1n) is 4.48. The Balaban J connectivity index is 2.16. The maximum absolute atomic E-state index is 9.33. The van der Waals surface area contributed by atoms with Gasteiger partial charge in [0.1, 0.15) is 0 Å². The lowest BCUT2D eigenvalue weighted by molar-refractivity contribution is 0.198. The third-order valence-electron chi connectivity index (χ3n) is 2.23. The summed E-state index contributed by atoms with van der Waals surface area (Å²) in [6, 6.07) is 1.87. The van der Waals surface area contributed by atoms with E-state index in [0.717, 1.165) is 24.6 Å². The van der Waals surface area contributed by atoms with Crippen LogP contribution < -0.4 is 4.90 Å². The quantitative estimate of drug-likeness (QED) is 0.676. The summed E-state index contributed by atoms with van der Waals surface area (Å²) in [6.07, 6.45) is 2.35. The summed E-state index contributed by atoms with van der Waals surface area (Å²) in [5.41, 5.74) is 0.964. The zero-order valence-electron chi connectivity index (χ0n) is 7.64. The standard InChI is InChI=1S/C9H13N3O/c1-7-2-4-10-9(11-7)12-5-3-8(13)6-12/h2,4,8,13H,3,5-6H2,1H3/t8-/m1/s1. The predicted molar refractivity (Wildman–Crippen MR) is 49.6 cm³/mol. The molecule has 1 aromatic heterocycles. The number of aromatic nitrogens is 2. The maximum Gasteiger partial charge on any atom is 0.225 e. The van der Waals surface area contributed by atoms with Crippen molar-refractivity contribution in [3.05, 3.63) is 18.0 Å². The van der Waals surface area contributed by atoms with E-state index < -0.39 is 0 Å². The monoisotopic (exact) mass is 179 g/mol. The molecule has 13 heavy (non-hydrogen) atoms. The zero-order chi connectivity index (χ0) is 9.26. The lowest BCUT2D eigenvalue weighted by Crippen LogP contribution is -2.23. The van der Waals surface area contributed by atoms with Gasteiger partial charge in [0.15, 0.2) is 0 Å². The van der Waals surface area contributed by atoms with E-state index in [1.807, 2.05) is 17.9 Å². The molecule has 4 nitrogen and oxygen atoms in total. The van der Waals surface area contributed by atoms with Gasteiger partial charge in [0, 0.05) is 25.0 Å². The number of anilines is 1. The van der Waals surface area contributed by atoms with Crippen molar-refractivity contribution in [1.29, 1.82) is 0 Å². The van der Waals surface area contributed by atoms with Gasteiger partial charge < -0.3 is 10.0 Å². The van der Waals surface area contributed by atoms with Gasteiger partial charge in [0.25, 0.3) is 0 Å². The molecule has 0 saturated carbocycles. The van der Waals surface area contributed by atoms with E-state index in [4.69, 9.17) is 0 Å². The number of aliphatic hydroxyl groups is 1. The van der Waals surface area contributed by atoms with Crippen LogP contribution in [0.15, 0.2) is 12.3 Å². The van der Waals surface area contributed by atoms with Crippen molar-refractivity contribution in [3.63, 3.8) is 0 Å². The molecule has 70 valence electrons. The molecule has 0 spiro atoms. The molecular formula is C9H13N3O. The van der Waals surface area contributed by atoms with Crippen molar-refractivity contribution >= 4 is 5.95 Å². The first-order valence-corrected chi connectivity index (χ1v) is 4.48. The molecule has 1 aromatic rings. The molecule has 2 heterocycles. The molecule has 1 atom stereocenters. The Labute approximate surface area is 77.2 Å². The van der Waals surface area contributed by atoms with Crippen LogP contribution >= 0.6 is 0 Å². The van der Waals surface area contributed by atoms with Crippen LogP contribution in [0.4, 0.5) is 5.95 Å². The fourth-order valence-corrected chi connectivity index (χ4v) is 1.51. The van der Waals surface area contributed by atoms with E-state index in [2.05, 4.69) is 9.97 Å². The van der Waals surface area contributed by atoms with Crippen LogP contribution in [0.2, 0.25) is 0 Å². The molecule has 0 aromatic carbocycles. The minimum atomic E-state index is -0.218. The SMILES string of the molecule is Cc1ccnc(N2CC[C@@H](O)C2)n1. The molecule has 1 N–H and O–H groups in total. The number of hydrogen-bond donors (Lipinski definition) is 1. The Bertz CT molecular complexity index is 303. The highest BCUT2D eigenvalue weighted by Crippen LogP contribution is 2.15. The second kappa shape index (κ2) is 3.30. The van der Waals surface area contributed by atoms with Crippen molar-refractivity contribution in [2.24, 2.45) is 0 Å². The van der Waals surface area contributed by atoms with Gasteiger partial charge in [-0.25, -0.2) is 9.97 Å². The molecule has 1 fully saturated rings. The third kappa shape index (κ3) is 1.78. The number of aryl methyl sites for hydroxylation is 1. The van der Waals surface area contributed by atoms with E-state index in [1.165, 1.54) is 0 Å². The number of β-amino-alcohol motifs (C(OH)–C–C–N with tert-alkyl or cyclic N) is 1. The Hall–Kier alpha value is -1.16. The highest BCUT2D eigenvalue weighted by molar-refractivity contribution is 5.31. The number of hydrogen-bond acceptors (Lipinski definition) is 4. The average Bonchev–Trinajstić information content (AvgIpc) is 2.52. The largest absolute Gasteiger partial charge is 0.391 e. The van der Waals surface area contributed by atoms with Crippen molar-refractivity contribution in [2.75, 3.05) is 18.0 Å². The molecule has 0 bridgehead atoms. The first kappa shape index (κ1) is 8.44. The van der Waals surface area contributed by atoms with Crippen LogP contribution in [0.5, 0.6) is 0 Å². The summed E-state index contributed by atoms with van der Waals surface area (Å²) >= 11 is 0. The Morgan fingerprint density at radius 3 is 3.08 bits per heavy atom. The van der Waals surface area contributed by atoms with Gasteiger partial charge in [0.05, 0.1) is 6.10 Å². The van der Waals surface area contributed by atoms with Crippen LogP contribution in [-0.4, -0.2) is 34.3 Å². The van der Waals surface area contributed by atoms with Gasteiger partial charge >= 0.3 is 0 Å². The summed E-state index contributed by atoms with van der Waals surface area (Å²) in [5.74, 6) is 0.733. The Morgan fingerprint density at radius 1 is 1.62 bits per heavy atom. The van der Waals surface area contributed by atoms with Crippen molar-refractivity contribution in [3.8, 4) is 0 Å². The molecule has 1 aliphatic rings. The lowest BCUT2D eigenvalue weighted by Gasteiger charge is -2.14. The Morgan fingerprint density at radius 2 is 2.46 bits per heavy atom.